The van der Waals surface area contributed by atoms with Gasteiger partial charge in [0.2, 0.25) is 0 Å². The van der Waals surface area contributed by atoms with Crippen molar-refractivity contribution in [3.8, 4) is 11.8 Å². The van der Waals surface area contributed by atoms with Crippen molar-refractivity contribution in [3.05, 3.63) is 52.1 Å². The van der Waals surface area contributed by atoms with Crippen molar-refractivity contribution in [2.75, 3.05) is 31.1 Å². The van der Waals surface area contributed by atoms with Crippen LogP contribution in [0, 0.1) is 5.82 Å². The van der Waals surface area contributed by atoms with Crippen molar-refractivity contribution in [2.45, 2.75) is 87.9 Å². The van der Waals surface area contributed by atoms with Crippen LogP contribution in [0.3, 0.4) is 0 Å². The summed E-state index contributed by atoms with van der Waals surface area (Å²) in [6.45, 7) is 4.20. The number of nitrogens with zero attached hydrogens (tertiary/aromatic N) is 4. The van der Waals surface area contributed by atoms with Crippen molar-refractivity contribution in [1.82, 2.24) is 20.2 Å². The van der Waals surface area contributed by atoms with Crippen LogP contribution < -0.4 is 15.0 Å². The highest BCUT2D eigenvalue weighted by atomic mass is 35.5. The zero-order valence-corrected chi connectivity index (χ0v) is 24.1. The maximum atomic E-state index is 14.6. The number of ether oxygens (including phenoxy) is 1. The molecule has 8 rings (SSSR count). The first-order valence-corrected chi connectivity index (χ1v) is 15.7. The van der Waals surface area contributed by atoms with Crippen molar-refractivity contribution < 1.29 is 14.2 Å². The summed E-state index contributed by atoms with van der Waals surface area (Å²) in [6.07, 6.45) is 10.3. The molecule has 5 aliphatic rings. The number of hydrogen-bond acceptors (Lipinski definition) is 7. The lowest BCUT2D eigenvalue weighted by Gasteiger charge is -2.35. The smallest absolute Gasteiger partial charge is 0.316 e. The van der Waals surface area contributed by atoms with Gasteiger partial charge in [-0.2, -0.15) is 9.97 Å². The van der Waals surface area contributed by atoms with Gasteiger partial charge in [-0.05, 0) is 94.0 Å². The second kappa shape index (κ2) is 9.96. The molecule has 1 aromatic heterocycles. The van der Waals surface area contributed by atoms with Crippen LogP contribution in [-0.4, -0.2) is 63.8 Å². The number of aromatic nitrogens is 2. The van der Waals surface area contributed by atoms with Gasteiger partial charge in [-0.15, -0.1) is 0 Å². The van der Waals surface area contributed by atoms with Crippen LogP contribution in [0.4, 0.5) is 10.1 Å². The Bertz CT molecular complexity index is 1500. The topological polar surface area (TPSA) is 73.8 Å². The highest BCUT2D eigenvalue weighted by Gasteiger charge is 2.45. The van der Waals surface area contributed by atoms with Gasteiger partial charge in [0.25, 0.3) is 0 Å². The lowest BCUT2D eigenvalue weighted by atomic mass is 9.85. The van der Waals surface area contributed by atoms with Crippen molar-refractivity contribution in [2.24, 2.45) is 0 Å². The molecule has 4 saturated heterocycles. The van der Waals surface area contributed by atoms with E-state index in [9.17, 15) is 9.50 Å². The van der Waals surface area contributed by atoms with E-state index in [0.29, 0.717) is 54.5 Å². The van der Waals surface area contributed by atoms with E-state index in [1.165, 1.54) is 55.8 Å². The summed E-state index contributed by atoms with van der Waals surface area (Å²) in [6, 6.07) is 7.96. The molecular weight excluding hydrogens is 541 g/mol. The lowest BCUT2D eigenvalue weighted by Crippen LogP contribution is -2.43. The number of anilines is 1. The number of phenols is 1. The molecular formula is C32H37ClFN5O2. The number of aromatic hydroxyl groups is 1. The Morgan fingerprint density at radius 1 is 1.07 bits per heavy atom. The molecule has 41 heavy (non-hydrogen) atoms. The zero-order chi connectivity index (χ0) is 27.7. The van der Waals surface area contributed by atoms with Crippen LogP contribution in [0.1, 0.15) is 74.2 Å². The van der Waals surface area contributed by atoms with Gasteiger partial charge in [0, 0.05) is 36.0 Å². The summed E-state index contributed by atoms with van der Waals surface area (Å²) >= 11 is 6.50. The molecule has 2 aromatic carbocycles. The van der Waals surface area contributed by atoms with Crippen LogP contribution in [0.2, 0.25) is 5.02 Å². The summed E-state index contributed by atoms with van der Waals surface area (Å²) in [5, 5.41) is 15.7. The fourth-order valence-corrected chi connectivity index (χ4v) is 8.86. The van der Waals surface area contributed by atoms with Crippen LogP contribution in [-0.2, 0) is 13.0 Å². The Kier molecular flexibility index (Phi) is 6.31. The minimum atomic E-state index is -0.461. The minimum absolute atomic E-state index is 0.0813. The Morgan fingerprint density at radius 3 is 2.63 bits per heavy atom. The molecule has 5 aliphatic heterocycles. The zero-order valence-electron chi connectivity index (χ0n) is 23.3. The number of fused-ring (bicyclic) bond motifs is 5. The molecule has 4 fully saturated rings. The third-order valence-electron chi connectivity index (χ3n) is 10.5. The highest BCUT2D eigenvalue weighted by molar-refractivity contribution is 6.36. The summed E-state index contributed by atoms with van der Waals surface area (Å²) in [5.74, 6) is 0.0734. The first-order chi connectivity index (χ1) is 20.0. The highest BCUT2D eigenvalue weighted by Crippen LogP contribution is 2.43. The van der Waals surface area contributed by atoms with Gasteiger partial charge in [0.1, 0.15) is 18.2 Å². The number of hydrogen-bond donors (Lipinski definition) is 2. The Morgan fingerprint density at radius 2 is 1.85 bits per heavy atom. The van der Waals surface area contributed by atoms with Gasteiger partial charge < -0.3 is 20.1 Å². The molecule has 6 heterocycles. The van der Waals surface area contributed by atoms with Gasteiger partial charge in [-0.25, -0.2) is 4.39 Å². The normalized spacial score (nSPS) is 26.9. The Labute approximate surface area is 245 Å². The third kappa shape index (κ3) is 4.45. The summed E-state index contributed by atoms with van der Waals surface area (Å²) in [4.78, 5) is 15.0. The van der Waals surface area contributed by atoms with Crippen molar-refractivity contribution in [1.29, 1.82) is 0 Å². The molecule has 0 aliphatic carbocycles. The van der Waals surface area contributed by atoms with E-state index in [1.54, 1.807) is 18.2 Å². The fraction of sp³-hybridized carbons (Fsp3) is 0.562. The van der Waals surface area contributed by atoms with Crippen LogP contribution in [0.5, 0.6) is 11.8 Å². The average molecular weight is 578 g/mol. The molecule has 0 unspecified atom stereocenters. The molecule has 0 radical (unpaired) electrons. The second-order valence-electron chi connectivity index (χ2n) is 12.9. The predicted molar refractivity (Wildman–Crippen MR) is 158 cm³/mol. The summed E-state index contributed by atoms with van der Waals surface area (Å²) in [7, 11) is 0. The standard InChI is InChI=1S/C32H37ClFN5O2/c33-29-25(34)6-3-19-15-23(40)16-27(28(19)29)38-12-7-24-26(17-38)36-31(41-18-32-8-1-10-39(32)11-2-9-32)37-30(24)20-13-21-4-5-22(14-20)35-21/h3,6,15-16,20-22,35,40H,1-2,4-5,7-14,17-18H2/t20-,21-,22+. The predicted octanol–water partition coefficient (Wildman–Crippen LogP) is 5.70. The van der Waals surface area contributed by atoms with Crippen molar-refractivity contribution >= 4 is 28.1 Å². The van der Waals surface area contributed by atoms with E-state index in [2.05, 4.69) is 15.1 Å². The molecule has 0 spiro atoms. The molecule has 3 atom stereocenters. The molecule has 2 N–H and O–H groups in total. The van der Waals surface area contributed by atoms with Gasteiger partial charge in [0.05, 0.1) is 34.2 Å². The van der Waals surface area contributed by atoms with Gasteiger partial charge >= 0.3 is 6.01 Å². The fourth-order valence-electron chi connectivity index (χ4n) is 8.59. The first kappa shape index (κ1) is 26.0. The van der Waals surface area contributed by atoms with Gasteiger partial charge in [-0.3, -0.25) is 4.90 Å². The van der Waals surface area contributed by atoms with E-state index in [4.69, 9.17) is 26.3 Å². The molecule has 9 heteroatoms. The quantitative estimate of drug-likeness (QED) is 0.403. The molecule has 216 valence electrons. The van der Waals surface area contributed by atoms with Crippen LogP contribution in [0.15, 0.2) is 24.3 Å². The van der Waals surface area contributed by atoms with E-state index in [0.717, 1.165) is 43.7 Å². The van der Waals surface area contributed by atoms with Gasteiger partial charge in [0.15, 0.2) is 0 Å². The molecule has 0 saturated carbocycles. The maximum Gasteiger partial charge on any atom is 0.316 e. The number of halogens is 2. The van der Waals surface area contributed by atoms with E-state index < -0.39 is 5.82 Å². The van der Waals surface area contributed by atoms with E-state index in [1.807, 2.05) is 0 Å². The number of rotatable bonds is 5. The second-order valence-corrected chi connectivity index (χ2v) is 13.3. The molecule has 3 aromatic rings. The van der Waals surface area contributed by atoms with E-state index in [-0.39, 0.29) is 16.3 Å². The summed E-state index contributed by atoms with van der Waals surface area (Å²) in [5.41, 5.74) is 4.23. The maximum absolute atomic E-state index is 14.6. The lowest BCUT2D eigenvalue weighted by molar-refractivity contribution is 0.107. The monoisotopic (exact) mass is 577 g/mol. The first-order valence-electron chi connectivity index (χ1n) is 15.3. The van der Waals surface area contributed by atoms with Crippen LogP contribution >= 0.6 is 11.6 Å². The third-order valence-corrected chi connectivity index (χ3v) is 10.9. The molecule has 2 bridgehead atoms. The SMILES string of the molecule is Oc1cc(N2CCc3c(nc(OCC45CCCN4CCC5)nc3[C@@H]3C[C@H]4CC[C@@H](C3)N4)C2)c2c(Cl)c(F)ccc2c1. The summed E-state index contributed by atoms with van der Waals surface area (Å²) < 4.78 is 21.1. The molecule has 7 nitrogen and oxygen atoms in total. The van der Waals surface area contributed by atoms with Gasteiger partial charge in [-0.1, -0.05) is 17.7 Å². The largest absolute Gasteiger partial charge is 0.508 e. The molecule has 0 amide bonds. The minimum Gasteiger partial charge on any atom is -0.508 e. The Hall–Kier alpha value is -2.68. The Balaban J connectivity index is 1.16. The van der Waals surface area contributed by atoms with E-state index >= 15 is 0 Å². The number of piperidine rings is 1. The number of benzene rings is 2. The number of phenolic OH excluding ortho intramolecular Hbond substituents is 1. The van der Waals surface area contributed by atoms with Crippen LogP contribution in [0.25, 0.3) is 10.8 Å². The number of nitrogens with one attached hydrogen (secondary N) is 1. The van der Waals surface area contributed by atoms with Crippen molar-refractivity contribution in [3.63, 3.8) is 0 Å². The average Bonchev–Trinajstić information content (AvgIpc) is 3.66.